The van der Waals surface area contributed by atoms with Crippen LogP contribution in [0, 0.1) is 5.92 Å². The van der Waals surface area contributed by atoms with E-state index < -0.39 is 31.5 Å². The zero-order valence-electron chi connectivity index (χ0n) is 24.2. The highest BCUT2D eigenvalue weighted by atomic mass is 28.4. The molecule has 1 spiro atoms. The number of rotatable bonds is 5. The number of aliphatic hydroxyl groups excluding tert-OH is 1. The molecule has 2 aromatic carbocycles. The Kier molecular flexibility index (Phi) is 6.88. The van der Waals surface area contributed by atoms with E-state index in [0.29, 0.717) is 37.2 Å². The van der Waals surface area contributed by atoms with Crippen molar-refractivity contribution in [1.82, 2.24) is 4.90 Å². The highest BCUT2D eigenvalue weighted by Gasteiger charge is 2.66. The molecule has 41 heavy (non-hydrogen) atoms. The van der Waals surface area contributed by atoms with Gasteiger partial charge >= 0.3 is 0 Å². The van der Waals surface area contributed by atoms with Gasteiger partial charge in [0.25, 0.3) is 5.91 Å². The summed E-state index contributed by atoms with van der Waals surface area (Å²) in [6.07, 6.45) is 1.19. The van der Waals surface area contributed by atoms with Crippen LogP contribution in [-0.2, 0) is 37.7 Å². The molecule has 2 N–H and O–H groups in total. The molecule has 2 aromatic rings. The zero-order chi connectivity index (χ0) is 29.3. The monoisotopic (exact) mass is 577 g/mol. The van der Waals surface area contributed by atoms with Crippen LogP contribution < -0.4 is 9.80 Å². The van der Waals surface area contributed by atoms with E-state index in [2.05, 4.69) is 0 Å². The maximum atomic E-state index is 14.1. The molecule has 0 aromatic heterocycles. The number of anilines is 2. The van der Waals surface area contributed by atoms with E-state index in [1.54, 1.807) is 21.7 Å². The second-order valence-electron chi connectivity index (χ2n) is 12.6. The number of hydrogen-bond acceptors (Lipinski definition) is 6. The van der Waals surface area contributed by atoms with Crippen molar-refractivity contribution in [3.8, 4) is 0 Å². The van der Waals surface area contributed by atoms with Crippen molar-refractivity contribution in [1.29, 1.82) is 0 Å². The Morgan fingerprint density at radius 3 is 2.54 bits per heavy atom. The molecule has 3 amide bonds. The summed E-state index contributed by atoms with van der Waals surface area (Å²) in [7, 11) is -1.23. The number of fused-ring (bicyclic) bond motifs is 3. The van der Waals surface area contributed by atoms with Crippen LogP contribution in [0.15, 0.2) is 42.5 Å². The van der Waals surface area contributed by atoms with E-state index >= 15 is 0 Å². The van der Waals surface area contributed by atoms with Crippen molar-refractivity contribution in [2.24, 2.45) is 5.92 Å². The van der Waals surface area contributed by atoms with Crippen LogP contribution in [0.2, 0.25) is 18.6 Å². The number of carbonyl (C=O) groups excluding carboxylic acids is 3. The molecule has 0 saturated carbocycles. The highest BCUT2D eigenvalue weighted by Crippen LogP contribution is 2.60. The predicted molar refractivity (Wildman–Crippen MR) is 157 cm³/mol. The summed E-state index contributed by atoms with van der Waals surface area (Å²) in [4.78, 5) is 57.1. The molecular weight excluding hydrogens is 538 g/mol. The minimum Gasteiger partial charge on any atom is -0.432 e. The Bertz CT molecular complexity index is 1410. The van der Waals surface area contributed by atoms with Crippen molar-refractivity contribution in [2.75, 3.05) is 30.0 Å². The lowest BCUT2D eigenvalue weighted by molar-refractivity contribution is -0.150. The van der Waals surface area contributed by atoms with E-state index in [4.69, 9.17) is 4.74 Å². The van der Waals surface area contributed by atoms with Crippen LogP contribution in [0.25, 0.3) is 0 Å². The van der Waals surface area contributed by atoms with Crippen molar-refractivity contribution < 1.29 is 29.0 Å². The van der Waals surface area contributed by atoms with Gasteiger partial charge in [0.2, 0.25) is 11.8 Å². The lowest BCUT2D eigenvalue weighted by atomic mass is 9.82. The molecular formula is C31H39N3O6Si. The molecule has 2 saturated heterocycles. The van der Waals surface area contributed by atoms with Gasteiger partial charge in [-0.3, -0.25) is 14.4 Å². The molecule has 2 fully saturated rings. The summed E-state index contributed by atoms with van der Waals surface area (Å²) in [6, 6.07) is 13.2. The third-order valence-electron chi connectivity index (χ3n) is 9.74. The third kappa shape index (κ3) is 4.34. The summed E-state index contributed by atoms with van der Waals surface area (Å²) in [5, 5.41) is 10.2. The summed E-state index contributed by atoms with van der Waals surface area (Å²) >= 11 is 0. The summed E-state index contributed by atoms with van der Waals surface area (Å²) in [6.45, 7) is 6.50. The van der Waals surface area contributed by atoms with Crippen LogP contribution in [-0.4, -0.2) is 73.2 Å². The van der Waals surface area contributed by atoms with Gasteiger partial charge in [-0.2, -0.15) is 0 Å². The first-order chi connectivity index (χ1) is 19.5. The first-order valence-corrected chi connectivity index (χ1v) is 17.6. The number of benzene rings is 2. The Balaban J connectivity index is 1.36. The van der Waals surface area contributed by atoms with Gasteiger partial charge in [-0.05, 0) is 55.3 Å². The second-order valence-corrected chi connectivity index (χ2v) is 16.6. The molecule has 5 atom stereocenters. The van der Waals surface area contributed by atoms with E-state index in [0.717, 1.165) is 23.2 Å². The number of ether oxygens (including phenoxy) is 1. The molecule has 4 heterocycles. The Morgan fingerprint density at radius 1 is 1.15 bits per heavy atom. The fourth-order valence-corrected chi connectivity index (χ4v) is 10.3. The number of amides is 3. The Hall–Kier alpha value is -3.05. The number of aliphatic hydroxyl groups is 1. The molecule has 10 heteroatoms. The molecule has 0 aliphatic carbocycles. The van der Waals surface area contributed by atoms with Gasteiger partial charge in [0.15, 0.2) is 13.9 Å². The standard InChI is InChI=1S/C31H39N3O6Si/c1-19-29(41(3,4)39)26(16-28(37)34-17-21-9-6-5-8-20(21)14-23(34)18-35)40-31(19)24-15-22(33-13-7-10-27(33)36)11-12-25(24)32(2)30(31)38/h5-6,8-9,11-12,15,19,23,26,29,35,39H,7,10,13-14,16-18H2,1-4H3/t19-,23-,26+,29-,31+/m0/s1. The van der Waals surface area contributed by atoms with Gasteiger partial charge in [-0.1, -0.05) is 31.2 Å². The van der Waals surface area contributed by atoms with E-state index in [1.165, 1.54) is 0 Å². The van der Waals surface area contributed by atoms with Crippen LogP contribution in [0.1, 0.15) is 42.9 Å². The van der Waals surface area contributed by atoms with E-state index in [-0.39, 0.29) is 36.8 Å². The van der Waals surface area contributed by atoms with Crippen LogP contribution in [0.4, 0.5) is 11.4 Å². The number of nitrogens with zero attached hydrogens (tertiary/aromatic N) is 3. The van der Waals surface area contributed by atoms with E-state index in [1.807, 2.05) is 62.5 Å². The lowest BCUT2D eigenvalue weighted by Crippen LogP contribution is -2.48. The minimum atomic E-state index is -2.95. The Labute approximate surface area is 241 Å². The maximum absolute atomic E-state index is 14.1. The fourth-order valence-electron chi connectivity index (χ4n) is 7.79. The van der Waals surface area contributed by atoms with Gasteiger partial charge in [0, 0.05) is 49.3 Å². The quantitative estimate of drug-likeness (QED) is 0.529. The topological polar surface area (TPSA) is 111 Å². The van der Waals surface area contributed by atoms with Gasteiger partial charge in [-0.15, -0.1) is 0 Å². The third-order valence-corrected chi connectivity index (χ3v) is 12.2. The first-order valence-electron chi connectivity index (χ1n) is 14.6. The van der Waals surface area contributed by atoms with Crippen LogP contribution >= 0.6 is 0 Å². The molecule has 6 rings (SSSR count). The largest absolute Gasteiger partial charge is 0.432 e. The average Bonchev–Trinajstić information content (AvgIpc) is 3.57. The van der Waals surface area contributed by atoms with Gasteiger partial charge in [0.1, 0.15) is 0 Å². The van der Waals surface area contributed by atoms with Crippen LogP contribution in [0.3, 0.4) is 0 Å². The smallest absolute Gasteiger partial charge is 0.264 e. The Morgan fingerprint density at radius 2 is 1.88 bits per heavy atom. The SMILES string of the molecule is C[C@H]1[C@H]([Si](C)(C)O)[C@@H](CC(=O)N2Cc3ccccc3C[C@H]2CO)O[C@]12C(=O)N(C)c1ccc(N3CCCC3=O)cc12. The maximum Gasteiger partial charge on any atom is 0.264 e. The zero-order valence-corrected chi connectivity index (χ0v) is 25.2. The van der Waals surface area contributed by atoms with Crippen molar-refractivity contribution in [3.63, 3.8) is 0 Å². The number of likely N-dealkylation sites (N-methyl/N-ethyl adjacent to an activating group) is 1. The molecule has 9 nitrogen and oxygen atoms in total. The summed E-state index contributed by atoms with van der Waals surface area (Å²) in [5.41, 5.74) is 2.57. The van der Waals surface area contributed by atoms with Crippen LogP contribution in [0.5, 0.6) is 0 Å². The molecule has 4 aliphatic rings. The molecule has 0 radical (unpaired) electrons. The molecule has 4 aliphatic heterocycles. The predicted octanol–water partition coefficient (Wildman–Crippen LogP) is 2.92. The number of carbonyl (C=O) groups is 3. The lowest BCUT2D eigenvalue weighted by Gasteiger charge is -2.37. The van der Waals surface area contributed by atoms with Gasteiger partial charge in [-0.25, -0.2) is 0 Å². The molecule has 0 bridgehead atoms. The summed E-state index contributed by atoms with van der Waals surface area (Å²) in [5.74, 6) is -0.720. The summed E-state index contributed by atoms with van der Waals surface area (Å²) < 4.78 is 6.78. The van der Waals surface area contributed by atoms with Crippen molar-refractivity contribution in [2.45, 2.75) is 75.5 Å². The molecule has 0 unspecified atom stereocenters. The molecule has 218 valence electrons. The number of hydrogen-bond donors (Lipinski definition) is 2. The van der Waals surface area contributed by atoms with Crippen molar-refractivity contribution in [3.05, 3.63) is 59.2 Å². The minimum absolute atomic E-state index is 0.00302. The fraction of sp³-hybridized carbons (Fsp3) is 0.516. The first kappa shape index (κ1) is 28.1. The average molecular weight is 578 g/mol. The van der Waals surface area contributed by atoms with Crippen molar-refractivity contribution >= 4 is 37.4 Å². The van der Waals surface area contributed by atoms with E-state index in [9.17, 15) is 24.3 Å². The normalized spacial score (nSPS) is 29.5. The second kappa shape index (κ2) is 10.0. The highest BCUT2D eigenvalue weighted by molar-refractivity contribution is 6.71. The van der Waals surface area contributed by atoms with Gasteiger partial charge in [0.05, 0.1) is 30.9 Å². The van der Waals surface area contributed by atoms with Gasteiger partial charge < -0.3 is 29.3 Å².